The lowest BCUT2D eigenvalue weighted by atomic mass is 10.00. The molecule has 1 saturated heterocycles. The Kier molecular flexibility index (Phi) is 8.22. The van der Waals surface area contributed by atoms with Crippen LogP contribution in [-0.2, 0) is 11.0 Å². The lowest BCUT2D eigenvalue weighted by Gasteiger charge is -2.14. The van der Waals surface area contributed by atoms with Crippen LogP contribution in [0.25, 0.3) is 11.3 Å². The summed E-state index contributed by atoms with van der Waals surface area (Å²) in [5.41, 5.74) is 5.61. The van der Waals surface area contributed by atoms with Crippen molar-refractivity contribution in [2.75, 3.05) is 25.4 Å². The highest BCUT2D eigenvalue weighted by Gasteiger charge is 2.55. The Labute approximate surface area is 194 Å². The third kappa shape index (κ3) is 5.45. The summed E-state index contributed by atoms with van der Waals surface area (Å²) >= 11 is 0. The minimum Gasteiger partial charge on any atom is -0.507 e. The van der Waals surface area contributed by atoms with Crippen LogP contribution in [0.2, 0.25) is 0 Å². The number of phenolic OH excluding ortho intramolecular Hbond substituents is 1. The number of likely N-dealkylation sites (tertiary alicyclic amines) is 1. The number of alkyl halides is 5. The van der Waals surface area contributed by atoms with E-state index in [1.165, 1.54) is 25.3 Å². The fourth-order valence-electron chi connectivity index (χ4n) is 3.57. The summed E-state index contributed by atoms with van der Waals surface area (Å²) in [7, 11) is 0. The van der Waals surface area contributed by atoms with E-state index in [1.807, 2.05) is 13.8 Å². The minimum absolute atomic E-state index is 0.0469. The minimum atomic E-state index is -4.61. The summed E-state index contributed by atoms with van der Waals surface area (Å²) in [6.07, 6.45) is -3.36. The third-order valence-corrected chi connectivity index (χ3v) is 5.32. The molecule has 1 amide bonds. The van der Waals surface area contributed by atoms with E-state index in [4.69, 9.17) is 5.73 Å². The first kappa shape index (κ1) is 27.0. The highest BCUT2D eigenvalue weighted by Crippen LogP contribution is 2.39. The summed E-state index contributed by atoms with van der Waals surface area (Å²) in [5.74, 6) is -6.60. The Morgan fingerprint density at radius 1 is 1.29 bits per heavy atom. The lowest BCUT2D eigenvalue weighted by Crippen LogP contribution is -2.35. The van der Waals surface area contributed by atoms with Gasteiger partial charge in [-0.1, -0.05) is 13.8 Å². The van der Waals surface area contributed by atoms with Gasteiger partial charge in [-0.2, -0.15) is 22.0 Å². The van der Waals surface area contributed by atoms with Gasteiger partial charge >= 0.3 is 12.1 Å². The maximum atomic E-state index is 14.1. The van der Waals surface area contributed by atoms with Crippen LogP contribution in [0, 0.1) is 12.8 Å². The van der Waals surface area contributed by atoms with E-state index in [1.54, 1.807) is 6.92 Å². The van der Waals surface area contributed by atoms with Gasteiger partial charge in [0.2, 0.25) is 0 Å². The number of amides is 1. The third-order valence-electron chi connectivity index (χ3n) is 5.32. The van der Waals surface area contributed by atoms with Gasteiger partial charge in [-0.3, -0.25) is 9.79 Å². The number of carbonyl (C=O) groups excluding carboxylic acids is 1. The summed E-state index contributed by atoms with van der Waals surface area (Å²) in [6, 6.07) is 4.40. The predicted molar refractivity (Wildman–Crippen MR) is 120 cm³/mol. The molecule has 3 rings (SSSR count). The number of aromatic nitrogens is 1. The van der Waals surface area contributed by atoms with E-state index in [0.29, 0.717) is 11.6 Å². The van der Waals surface area contributed by atoms with Gasteiger partial charge in [-0.15, -0.1) is 0 Å². The first-order valence-electron chi connectivity index (χ1n) is 10.7. The number of nitrogens with zero attached hydrogens (tertiary/aromatic N) is 3. The molecule has 2 heterocycles. The van der Waals surface area contributed by atoms with Crippen LogP contribution in [-0.4, -0.2) is 52.7 Å². The number of nitrogens with two attached hydrogens (primary N) is 1. The molecule has 1 atom stereocenters. The van der Waals surface area contributed by atoms with Crippen molar-refractivity contribution >= 4 is 17.9 Å². The Balaban J connectivity index is 0.00000199. The zero-order valence-corrected chi connectivity index (χ0v) is 19.2. The van der Waals surface area contributed by atoms with E-state index >= 15 is 0 Å². The van der Waals surface area contributed by atoms with E-state index in [9.17, 15) is 31.9 Å². The van der Waals surface area contributed by atoms with Crippen molar-refractivity contribution in [3.05, 3.63) is 41.0 Å². The smallest absolute Gasteiger partial charge is 0.416 e. The monoisotopic (exact) mass is 486 g/mol. The molecular formula is C23H27F5N4O2. The van der Waals surface area contributed by atoms with Crippen molar-refractivity contribution in [3.8, 4) is 17.0 Å². The second-order valence-corrected chi connectivity index (χ2v) is 7.51. The van der Waals surface area contributed by atoms with Crippen molar-refractivity contribution in [3.63, 3.8) is 0 Å². The highest BCUT2D eigenvalue weighted by atomic mass is 19.4. The van der Waals surface area contributed by atoms with Crippen LogP contribution in [0.1, 0.15) is 37.5 Å². The number of hydrogen-bond acceptors (Lipinski definition) is 5. The number of benzene rings is 1. The van der Waals surface area contributed by atoms with Gasteiger partial charge in [0.25, 0.3) is 5.91 Å². The second kappa shape index (κ2) is 10.4. The number of halogens is 5. The standard InChI is InChI=1S/C21H21F5N4O2.C2H6/c1-3-30-10-14(20(22,23)19(30)32)9-28-8-12-4-5-15(29-18(12)27)17-11(2)6-13(7-16(17)31)21(24,25)26;1-2/h4-8,14,31H,3,9-10H2,1-2H3,(H2,27,29);1-2H3. The topological polar surface area (TPSA) is 91.8 Å². The van der Waals surface area contributed by atoms with Crippen molar-refractivity contribution < 1.29 is 31.9 Å². The number of rotatable bonds is 5. The molecule has 34 heavy (non-hydrogen) atoms. The molecule has 3 N–H and O–H groups in total. The van der Waals surface area contributed by atoms with Crippen molar-refractivity contribution in [2.24, 2.45) is 10.9 Å². The van der Waals surface area contributed by atoms with Gasteiger partial charge in [0.05, 0.1) is 17.2 Å². The molecule has 186 valence electrons. The molecule has 0 spiro atoms. The summed E-state index contributed by atoms with van der Waals surface area (Å²) in [5, 5.41) is 10.1. The van der Waals surface area contributed by atoms with Gasteiger partial charge in [0.1, 0.15) is 11.6 Å². The molecule has 0 radical (unpaired) electrons. The maximum absolute atomic E-state index is 14.1. The molecule has 0 aliphatic carbocycles. The second-order valence-electron chi connectivity index (χ2n) is 7.51. The molecule has 11 heteroatoms. The van der Waals surface area contributed by atoms with Crippen molar-refractivity contribution in [1.82, 2.24) is 9.88 Å². The zero-order chi connectivity index (χ0) is 25.8. The molecule has 6 nitrogen and oxygen atoms in total. The first-order valence-corrected chi connectivity index (χ1v) is 10.7. The lowest BCUT2D eigenvalue weighted by molar-refractivity contribution is -0.150. The van der Waals surface area contributed by atoms with E-state index in [0.717, 1.165) is 11.0 Å². The van der Waals surface area contributed by atoms with Crippen molar-refractivity contribution in [2.45, 2.75) is 39.8 Å². The molecule has 1 aliphatic rings. The van der Waals surface area contributed by atoms with Gasteiger partial charge in [0.15, 0.2) is 0 Å². The fourth-order valence-corrected chi connectivity index (χ4v) is 3.57. The molecule has 0 saturated carbocycles. The Bertz CT molecular complexity index is 1050. The summed E-state index contributed by atoms with van der Waals surface area (Å²) in [4.78, 5) is 20.8. The fraction of sp³-hybridized carbons (Fsp3) is 0.435. The number of aromatic hydroxyl groups is 1. The Morgan fingerprint density at radius 2 is 1.94 bits per heavy atom. The van der Waals surface area contributed by atoms with E-state index in [2.05, 4.69) is 9.98 Å². The summed E-state index contributed by atoms with van der Waals surface area (Å²) < 4.78 is 66.9. The van der Waals surface area contributed by atoms with Gasteiger partial charge in [-0.05, 0) is 43.7 Å². The van der Waals surface area contributed by atoms with Crippen LogP contribution in [0.5, 0.6) is 5.75 Å². The first-order chi connectivity index (χ1) is 15.9. The average molecular weight is 486 g/mol. The van der Waals surface area contributed by atoms with Gasteiger partial charge in [0, 0.05) is 37.0 Å². The Hall–Kier alpha value is -3.24. The molecule has 1 aromatic heterocycles. The van der Waals surface area contributed by atoms with Crippen LogP contribution < -0.4 is 5.73 Å². The van der Waals surface area contributed by atoms with Crippen LogP contribution >= 0.6 is 0 Å². The zero-order valence-electron chi connectivity index (χ0n) is 19.2. The number of pyridine rings is 1. The number of hydrogen-bond donors (Lipinski definition) is 2. The molecule has 0 bridgehead atoms. The number of phenols is 1. The highest BCUT2D eigenvalue weighted by molar-refractivity contribution is 5.88. The van der Waals surface area contributed by atoms with E-state index in [-0.39, 0.29) is 42.3 Å². The summed E-state index contributed by atoms with van der Waals surface area (Å²) in [6.45, 7) is 6.81. The molecule has 2 aromatic rings. The molecule has 1 fully saturated rings. The molecule has 1 unspecified atom stereocenters. The average Bonchev–Trinajstić information content (AvgIpc) is 2.98. The van der Waals surface area contributed by atoms with Crippen LogP contribution in [0.3, 0.4) is 0 Å². The van der Waals surface area contributed by atoms with E-state index < -0.39 is 35.2 Å². The van der Waals surface area contributed by atoms with Gasteiger partial charge < -0.3 is 15.7 Å². The quantitative estimate of drug-likeness (QED) is 0.464. The normalized spacial score (nSPS) is 17.7. The molecule has 1 aliphatic heterocycles. The number of anilines is 1. The van der Waals surface area contributed by atoms with Crippen LogP contribution in [0.4, 0.5) is 27.8 Å². The maximum Gasteiger partial charge on any atom is 0.416 e. The predicted octanol–water partition coefficient (Wildman–Crippen LogP) is 4.92. The molecule has 1 aromatic carbocycles. The number of aliphatic imine (C=N–C) groups is 1. The molecular weight excluding hydrogens is 459 g/mol. The number of aryl methyl sites for hydroxylation is 1. The largest absolute Gasteiger partial charge is 0.507 e. The van der Waals surface area contributed by atoms with Gasteiger partial charge in [-0.25, -0.2) is 4.98 Å². The van der Waals surface area contributed by atoms with Crippen LogP contribution in [0.15, 0.2) is 29.3 Å². The SMILES string of the molecule is CC.CCN1CC(CN=Cc2ccc(-c3c(C)cc(C(F)(F)F)cc3O)nc2N)C(F)(F)C1=O. The number of carbonyl (C=O) groups is 1. The number of nitrogen functional groups attached to an aromatic ring is 1. The van der Waals surface area contributed by atoms with Crippen molar-refractivity contribution in [1.29, 1.82) is 0 Å². The Morgan fingerprint density at radius 3 is 2.44 bits per heavy atom.